The van der Waals surface area contributed by atoms with E-state index >= 15 is 0 Å². The van der Waals surface area contributed by atoms with Crippen molar-refractivity contribution in [3.8, 4) is 0 Å². The number of hydrogen-bond acceptors (Lipinski definition) is 5. The molecule has 1 aromatic heterocycles. The molecular formula is C33H32N2O3S. The number of carbonyl (C=O) groups is 1. The molecule has 0 spiro atoms. The van der Waals surface area contributed by atoms with E-state index in [2.05, 4.69) is 67.5 Å². The van der Waals surface area contributed by atoms with E-state index in [0.717, 1.165) is 22.3 Å². The minimum atomic E-state index is -0.969. The average molecular weight is 537 g/mol. The molecule has 0 saturated heterocycles. The molecule has 39 heavy (non-hydrogen) atoms. The Labute approximate surface area is 233 Å². The average Bonchev–Trinajstić information content (AvgIpc) is 3.36. The molecule has 0 aliphatic rings. The van der Waals surface area contributed by atoms with Gasteiger partial charge in [0.05, 0.1) is 4.75 Å². The zero-order chi connectivity index (χ0) is 27.5. The van der Waals surface area contributed by atoms with Crippen molar-refractivity contribution in [3.63, 3.8) is 0 Å². The molecule has 0 fully saturated rings. The summed E-state index contributed by atoms with van der Waals surface area (Å²) in [6, 6.07) is 35.9. The Morgan fingerprint density at radius 3 is 1.79 bits per heavy atom. The Morgan fingerprint density at radius 2 is 1.33 bits per heavy atom. The molecule has 1 atom stereocenters. The van der Waals surface area contributed by atoms with E-state index in [1.165, 1.54) is 0 Å². The molecule has 5 rings (SSSR count). The molecule has 2 N–H and O–H groups in total. The van der Waals surface area contributed by atoms with Gasteiger partial charge in [-0.2, -0.15) is 4.98 Å². The van der Waals surface area contributed by atoms with Gasteiger partial charge in [0.15, 0.2) is 5.58 Å². The standard InChI is InChI=1S/C33H32N2O3S/c1-32(2,3)26-19-20-29-27(21-26)34-31(38-29)35-28(30(36)37)22-39-33(23-13-7-4-8-14-23,24-15-9-5-10-16-24)25-17-11-6-12-18-25/h4-21,28H,22H2,1-3H3,(H,34,35)(H,36,37)/t28-/m0/s1. The fourth-order valence-electron chi connectivity index (χ4n) is 4.76. The fourth-order valence-corrected chi connectivity index (χ4v) is 6.31. The number of thioether (sulfide) groups is 1. The molecule has 5 nitrogen and oxygen atoms in total. The maximum atomic E-state index is 12.5. The first-order valence-electron chi connectivity index (χ1n) is 13.0. The monoisotopic (exact) mass is 536 g/mol. The van der Waals surface area contributed by atoms with Crippen molar-refractivity contribution in [2.75, 3.05) is 11.1 Å². The summed E-state index contributed by atoms with van der Waals surface area (Å²) in [5, 5.41) is 13.3. The van der Waals surface area contributed by atoms with Crippen molar-refractivity contribution < 1.29 is 14.3 Å². The van der Waals surface area contributed by atoms with Crippen LogP contribution >= 0.6 is 11.8 Å². The summed E-state index contributed by atoms with van der Waals surface area (Å²) in [7, 11) is 0. The molecule has 198 valence electrons. The van der Waals surface area contributed by atoms with Crippen LogP contribution in [-0.2, 0) is 15.0 Å². The zero-order valence-corrected chi connectivity index (χ0v) is 23.1. The summed E-state index contributed by atoms with van der Waals surface area (Å²) < 4.78 is 5.28. The highest BCUT2D eigenvalue weighted by molar-refractivity contribution is 8.00. The molecule has 6 heteroatoms. The number of rotatable bonds is 9. The first kappa shape index (κ1) is 26.6. The quantitative estimate of drug-likeness (QED) is 0.188. The Hall–Kier alpha value is -4.03. The largest absolute Gasteiger partial charge is 0.480 e. The van der Waals surface area contributed by atoms with Gasteiger partial charge in [-0.1, -0.05) is 118 Å². The third-order valence-corrected chi connectivity index (χ3v) is 8.50. The van der Waals surface area contributed by atoms with E-state index in [1.807, 2.05) is 72.8 Å². The van der Waals surface area contributed by atoms with Crippen LogP contribution in [0.25, 0.3) is 11.1 Å². The number of benzene rings is 4. The molecule has 4 aromatic carbocycles. The lowest BCUT2D eigenvalue weighted by Gasteiger charge is -2.36. The second-order valence-corrected chi connectivity index (χ2v) is 11.8. The topological polar surface area (TPSA) is 75.4 Å². The number of carboxylic acids is 1. The van der Waals surface area contributed by atoms with Gasteiger partial charge < -0.3 is 14.8 Å². The predicted octanol–water partition coefficient (Wildman–Crippen LogP) is 7.72. The van der Waals surface area contributed by atoms with E-state index in [4.69, 9.17) is 4.42 Å². The van der Waals surface area contributed by atoms with E-state index in [-0.39, 0.29) is 17.2 Å². The highest BCUT2D eigenvalue weighted by Gasteiger charge is 2.38. The van der Waals surface area contributed by atoms with E-state index in [9.17, 15) is 9.90 Å². The SMILES string of the molecule is CC(C)(C)c1ccc2oc(N[C@@H](CSC(c3ccccc3)(c3ccccc3)c3ccccc3)C(=O)O)nc2c1. The third kappa shape index (κ3) is 5.57. The van der Waals surface area contributed by atoms with Crippen molar-refractivity contribution in [3.05, 3.63) is 131 Å². The van der Waals surface area contributed by atoms with Gasteiger partial charge in [0, 0.05) is 5.75 Å². The summed E-state index contributed by atoms with van der Waals surface area (Å²) in [6.45, 7) is 6.43. The maximum Gasteiger partial charge on any atom is 0.327 e. The Morgan fingerprint density at radius 1 is 0.821 bits per heavy atom. The Kier molecular flexibility index (Phi) is 7.49. The third-order valence-electron chi connectivity index (χ3n) is 6.86. The smallest absolute Gasteiger partial charge is 0.327 e. The molecule has 0 saturated carbocycles. The molecule has 0 amide bonds. The first-order valence-corrected chi connectivity index (χ1v) is 14.0. The molecule has 5 aromatic rings. The highest BCUT2D eigenvalue weighted by atomic mass is 32.2. The number of anilines is 1. The number of aromatic nitrogens is 1. The first-order chi connectivity index (χ1) is 18.8. The van der Waals surface area contributed by atoms with Crippen LogP contribution in [-0.4, -0.2) is 27.9 Å². The van der Waals surface area contributed by atoms with Crippen molar-refractivity contribution in [2.45, 2.75) is 37.0 Å². The predicted molar refractivity (Wildman–Crippen MR) is 159 cm³/mol. The van der Waals surface area contributed by atoms with E-state index in [0.29, 0.717) is 11.1 Å². The van der Waals surface area contributed by atoms with Gasteiger partial charge in [-0.05, 0) is 39.8 Å². The lowest BCUT2D eigenvalue weighted by atomic mass is 9.84. The van der Waals surface area contributed by atoms with Crippen LogP contribution in [0.4, 0.5) is 6.01 Å². The van der Waals surface area contributed by atoms with Gasteiger partial charge in [-0.25, -0.2) is 4.79 Å². The summed E-state index contributed by atoms with van der Waals surface area (Å²) >= 11 is 1.58. The number of fused-ring (bicyclic) bond motifs is 1. The van der Waals surface area contributed by atoms with Crippen molar-refractivity contribution in [1.29, 1.82) is 0 Å². The lowest BCUT2D eigenvalue weighted by molar-refractivity contribution is -0.137. The Bertz CT molecular complexity index is 1450. The minimum Gasteiger partial charge on any atom is -0.480 e. The minimum absolute atomic E-state index is 0.0311. The number of aliphatic carboxylic acids is 1. The van der Waals surface area contributed by atoms with Crippen LogP contribution in [0, 0.1) is 0 Å². The summed E-state index contributed by atoms with van der Waals surface area (Å²) in [5.41, 5.74) is 5.66. The fraction of sp³-hybridized carbons (Fsp3) is 0.212. The van der Waals surface area contributed by atoms with Crippen LogP contribution in [0.2, 0.25) is 0 Å². The summed E-state index contributed by atoms with van der Waals surface area (Å²) in [5.74, 6) is -0.705. The van der Waals surface area contributed by atoms with Crippen LogP contribution in [0.3, 0.4) is 0 Å². The number of nitrogens with zero attached hydrogens (tertiary/aromatic N) is 1. The molecule has 1 heterocycles. The zero-order valence-electron chi connectivity index (χ0n) is 22.3. The molecular weight excluding hydrogens is 504 g/mol. The van der Waals surface area contributed by atoms with Gasteiger partial charge in [0.1, 0.15) is 11.6 Å². The van der Waals surface area contributed by atoms with E-state index in [1.54, 1.807) is 11.8 Å². The van der Waals surface area contributed by atoms with Crippen molar-refractivity contribution in [2.24, 2.45) is 0 Å². The molecule has 0 aliphatic carbocycles. The number of nitrogens with one attached hydrogen (secondary N) is 1. The maximum absolute atomic E-state index is 12.5. The van der Waals surface area contributed by atoms with Crippen LogP contribution in [0.1, 0.15) is 43.0 Å². The molecule has 0 radical (unpaired) electrons. The Balaban J connectivity index is 1.50. The lowest BCUT2D eigenvalue weighted by Crippen LogP contribution is -2.35. The van der Waals surface area contributed by atoms with Gasteiger partial charge >= 0.3 is 5.97 Å². The number of hydrogen-bond donors (Lipinski definition) is 2. The number of carboxylic acid groups (broad SMARTS) is 1. The van der Waals surface area contributed by atoms with Gasteiger partial charge in [-0.3, -0.25) is 0 Å². The second-order valence-electron chi connectivity index (χ2n) is 10.6. The van der Waals surface area contributed by atoms with Crippen LogP contribution < -0.4 is 5.32 Å². The van der Waals surface area contributed by atoms with Crippen LogP contribution in [0.15, 0.2) is 114 Å². The summed E-state index contributed by atoms with van der Waals surface area (Å²) in [6.07, 6.45) is 0. The summed E-state index contributed by atoms with van der Waals surface area (Å²) in [4.78, 5) is 17.1. The number of oxazole rings is 1. The molecule has 0 aliphatic heterocycles. The van der Waals surface area contributed by atoms with Crippen molar-refractivity contribution in [1.82, 2.24) is 4.98 Å². The highest BCUT2D eigenvalue weighted by Crippen LogP contribution is 2.48. The van der Waals surface area contributed by atoms with Crippen molar-refractivity contribution >= 4 is 34.8 Å². The normalized spacial score (nSPS) is 12.8. The van der Waals surface area contributed by atoms with Gasteiger partial charge in [0.2, 0.25) is 0 Å². The van der Waals surface area contributed by atoms with Crippen LogP contribution in [0.5, 0.6) is 0 Å². The second kappa shape index (κ2) is 11.0. The van der Waals surface area contributed by atoms with Gasteiger partial charge in [0.25, 0.3) is 6.01 Å². The van der Waals surface area contributed by atoms with E-state index < -0.39 is 16.8 Å². The molecule has 0 bridgehead atoms. The molecule has 0 unspecified atom stereocenters. The van der Waals surface area contributed by atoms with Gasteiger partial charge in [-0.15, -0.1) is 11.8 Å².